The van der Waals surface area contributed by atoms with E-state index in [1.165, 1.54) is 199 Å². The molecule has 1 atom stereocenters. The largest absolute Gasteiger partial charge is 0.462 e. The smallest absolute Gasteiger partial charge is 0.306 e. The first-order valence-corrected chi connectivity index (χ1v) is 26.0. The summed E-state index contributed by atoms with van der Waals surface area (Å²) >= 11 is 0. The Morgan fingerprint density at radius 2 is 0.466 bits per heavy atom. The van der Waals surface area contributed by atoms with Gasteiger partial charge in [-0.3, -0.25) is 14.4 Å². The predicted octanol–water partition coefficient (Wildman–Crippen LogP) is 16.8. The number of esters is 3. The fraction of sp³-hybridized carbons (Fsp3) is 0.942. The van der Waals surface area contributed by atoms with E-state index in [1.54, 1.807) is 0 Å². The third-order valence-electron chi connectivity index (χ3n) is 11.9. The van der Waals surface area contributed by atoms with Gasteiger partial charge < -0.3 is 14.2 Å². The van der Waals surface area contributed by atoms with Gasteiger partial charge in [0.1, 0.15) is 13.2 Å². The van der Waals surface area contributed by atoms with Gasteiger partial charge in [-0.15, -0.1) is 0 Å². The minimum absolute atomic E-state index is 0.0646. The van der Waals surface area contributed by atoms with E-state index in [9.17, 15) is 14.4 Å². The van der Waals surface area contributed by atoms with Gasteiger partial charge in [0.2, 0.25) is 0 Å². The summed E-state index contributed by atoms with van der Waals surface area (Å²) in [7, 11) is 0. The zero-order valence-electron chi connectivity index (χ0n) is 39.3. The molecular weight excluding hydrogens is 721 g/mol. The van der Waals surface area contributed by atoms with Gasteiger partial charge in [0, 0.05) is 19.3 Å². The standard InChI is InChI=1S/C52H100O6/c1-4-7-10-13-16-17-18-19-20-21-22-23-24-25-26-27-28-29-30-31-32-33-34-35-36-37-40-42-45-51(54)57-48-49(58-52(55)46-43-39-15-12-9-6-3)47-56-50(53)44-41-38-14-11-8-5-2/h49H,4-48H2,1-3H3. The maximum Gasteiger partial charge on any atom is 0.306 e. The van der Waals surface area contributed by atoms with Crippen molar-refractivity contribution < 1.29 is 28.6 Å². The maximum atomic E-state index is 12.5. The monoisotopic (exact) mass is 821 g/mol. The molecule has 0 aliphatic heterocycles. The van der Waals surface area contributed by atoms with Crippen molar-refractivity contribution >= 4 is 17.9 Å². The summed E-state index contributed by atoms with van der Waals surface area (Å²) in [5, 5.41) is 0. The highest BCUT2D eigenvalue weighted by Crippen LogP contribution is 2.17. The first-order valence-electron chi connectivity index (χ1n) is 26.0. The van der Waals surface area contributed by atoms with Crippen molar-refractivity contribution in [1.82, 2.24) is 0 Å². The molecule has 0 saturated heterocycles. The molecule has 0 bridgehead atoms. The van der Waals surface area contributed by atoms with Gasteiger partial charge in [0.15, 0.2) is 6.10 Å². The Balaban J connectivity index is 3.80. The molecular formula is C52H100O6. The van der Waals surface area contributed by atoms with E-state index in [-0.39, 0.29) is 31.1 Å². The minimum atomic E-state index is -0.756. The molecule has 0 radical (unpaired) electrons. The Labute approximate surface area is 361 Å². The van der Waals surface area contributed by atoms with Crippen LogP contribution in [0.3, 0.4) is 0 Å². The first kappa shape index (κ1) is 56.4. The van der Waals surface area contributed by atoms with Gasteiger partial charge in [0.25, 0.3) is 0 Å². The van der Waals surface area contributed by atoms with E-state index in [4.69, 9.17) is 14.2 Å². The lowest BCUT2D eigenvalue weighted by Gasteiger charge is -2.18. The molecule has 344 valence electrons. The van der Waals surface area contributed by atoms with Crippen LogP contribution in [0.25, 0.3) is 0 Å². The van der Waals surface area contributed by atoms with Crippen LogP contribution in [-0.2, 0) is 28.6 Å². The molecule has 0 amide bonds. The number of rotatable bonds is 48. The summed E-state index contributed by atoms with van der Waals surface area (Å²) in [5.74, 6) is -0.871. The quantitative estimate of drug-likeness (QED) is 0.0346. The molecule has 0 fully saturated rings. The Morgan fingerprint density at radius 1 is 0.276 bits per heavy atom. The average molecular weight is 821 g/mol. The van der Waals surface area contributed by atoms with E-state index in [1.807, 2.05) is 0 Å². The Hall–Kier alpha value is -1.59. The average Bonchev–Trinajstić information content (AvgIpc) is 3.22. The van der Waals surface area contributed by atoms with Gasteiger partial charge >= 0.3 is 17.9 Å². The predicted molar refractivity (Wildman–Crippen MR) is 247 cm³/mol. The Kier molecular flexibility index (Phi) is 46.8. The second-order valence-electron chi connectivity index (χ2n) is 17.8. The summed E-state index contributed by atoms with van der Waals surface area (Å²) in [5.41, 5.74) is 0. The van der Waals surface area contributed by atoms with Crippen molar-refractivity contribution in [3.8, 4) is 0 Å². The molecule has 0 aromatic heterocycles. The van der Waals surface area contributed by atoms with Gasteiger partial charge in [-0.1, -0.05) is 258 Å². The van der Waals surface area contributed by atoms with Crippen LogP contribution in [0.15, 0.2) is 0 Å². The number of hydrogen-bond donors (Lipinski definition) is 0. The van der Waals surface area contributed by atoms with Crippen LogP contribution in [0.1, 0.15) is 297 Å². The van der Waals surface area contributed by atoms with Crippen LogP contribution in [0.2, 0.25) is 0 Å². The van der Waals surface area contributed by atoms with Crippen molar-refractivity contribution in [2.45, 2.75) is 303 Å². The molecule has 6 heteroatoms. The maximum absolute atomic E-state index is 12.5. The zero-order valence-corrected chi connectivity index (χ0v) is 39.3. The SMILES string of the molecule is CCCCCCCCCCCCCCCCCCCCCCCCCCCCCCC(=O)OCC(COC(=O)CCCCCCCC)OC(=O)CCCCCCCC. The van der Waals surface area contributed by atoms with E-state index in [2.05, 4.69) is 20.8 Å². The lowest BCUT2D eigenvalue weighted by Crippen LogP contribution is -2.30. The van der Waals surface area contributed by atoms with Gasteiger partial charge in [-0.2, -0.15) is 0 Å². The molecule has 58 heavy (non-hydrogen) atoms. The lowest BCUT2D eigenvalue weighted by molar-refractivity contribution is -0.167. The Morgan fingerprint density at radius 3 is 0.690 bits per heavy atom. The van der Waals surface area contributed by atoms with Crippen LogP contribution in [0.5, 0.6) is 0 Å². The second kappa shape index (κ2) is 48.1. The summed E-state index contributed by atoms with van der Waals surface area (Å²) in [6.07, 6.45) is 51.7. The molecule has 0 rings (SSSR count). The van der Waals surface area contributed by atoms with E-state index in [0.29, 0.717) is 19.3 Å². The zero-order chi connectivity index (χ0) is 42.3. The molecule has 0 N–H and O–H groups in total. The van der Waals surface area contributed by atoms with Crippen LogP contribution in [-0.4, -0.2) is 37.2 Å². The normalized spacial score (nSPS) is 11.8. The molecule has 0 aliphatic carbocycles. The van der Waals surface area contributed by atoms with Gasteiger partial charge in [-0.05, 0) is 19.3 Å². The van der Waals surface area contributed by atoms with Crippen LogP contribution < -0.4 is 0 Å². The van der Waals surface area contributed by atoms with Crippen molar-refractivity contribution in [3.63, 3.8) is 0 Å². The summed E-state index contributed by atoms with van der Waals surface area (Å²) in [4.78, 5) is 37.4. The molecule has 0 aromatic rings. The van der Waals surface area contributed by atoms with Crippen molar-refractivity contribution in [2.75, 3.05) is 13.2 Å². The summed E-state index contributed by atoms with van der Waals surface area (Å²) in [6, 6.07) is 0. The fourth-order valence-electron chi connectivity index (χ4n) is 7.92. The third kappa shape index (κ3) is 45.5. The molecule has 0 saturated carbocycles. The van der Waals surface area contributed by atoms with Crippen LogP contribution in [0.4, 0.5) is 0 Å². The molecule has 1 unspecified atom stereocenters. The van der Waals surface area contributed by atoms with Crippen molar-refractivity contribution in [2.24, 2.45) is 0 Å². The van der Waals surface area contributed by atoms with Gasteiger partial charge in [-0.25, -0.2) is 0 Å². The topological polar surface area (TPSA) is 78.9 Å². The molecule has 0 spiro atoms. The van der Waals surface area contributed by atoms with E-state index in [0.717, 1.165) is 57.8 Å². The number of ether oxygens (including phenoxy) is 3. The van der Waals surface area contributed by atoms with Crippen LogP contribution >= 0.6 is 0 Å². The summed E-state index contributed by atoms with van der Waals surface area (Å²) < 4.78 is 16.6. The number of unbranched alkanes of at least 4 members (excludes halogenated alkanes) is 37. The molecule has 6 nitrogen and oxygen atoms in total. The molecule has 0 aromatic carbocycles. The highest BCUT2D eigenvalue weighted by molar-refractivity contribution is 5.71. The highest BCUT2D eigenvalue weighted by Gasteiger charge is 2.19. The van der Waals surface area contributed by atoms with E-state index >= 15 is 0 Å². The lowest BCUT2D eigenvalue weighted by atomic mass is 10.0. The fourth-order valence-corrected chi connectivity index (χ4v) is 7.92. The summed E-state index contributed by atoms with van der Waals surface area (Å²) in [6.45, 7) is 6.55. The van der Waals surface area contributed by atoms with Crippen LogP contribution in [0, 0.1) is 0 Å². The molecule has 0 aliphatic rings. The highest BCUT2D eigenvalue weighted by atomic mass is 16.6. The third-order valence-corrected chi connectivity index (χ3v) is 11.9. The number of carbonyl (C=O) groups excluding carboxylic acids is 3. The molecule has 0 heterocycles. The minimum Gasteiger partial charge on any atom is -0.462 e. The van der Waals surface area contributed by atoms with Crippen molar-refractivity contribution in [1.29, 1.82) is 0 Å². The first-order chi connectivity index (χ1) is 28.5. The van der Waals surface area contributed by atoms with E-state index < -0.39 is 6.10 Å². The Bertz CT molecular complexity index is 859. The van der Waals surface area contributed by atoms with Crippen molar-refractivity contribution in [3.05, 3.63) is 0 Å². The van der Waals surface area contributed by atoms with Gasteiger partial charge in [0.05, 0.1) is 0 Å². The number of carbonyl (C=O) groups is 3. The number of hydrogen-bond acceptors (Lipinski definition) is 6. The second-order valence-corrected chi connectivity index (χ2v) is 17.8.